The lowest BCUT2D eigenvalue weighted by Gasteiger charge is -1.98. The van der Waals surface area contributed by atoms with Crippen LogP contribution in [0, 0.1) is 5.82 Å². The topological polar surface area (TPSA) is 82.9 Å². The van der Waals surface area contributed by atoms with Gasteiger partial charge in [0.05, 0.1) is 24.8 Å². The van der Waals surface area contributed by atoms with Gasteiger partial charge in [-0.15, -0.1) is 0 Å². The Bertz CT molecular complexity index is 551. The number of nitrogens with one attached hydrogen (secondary N) is 2. The smallest absolute Gasteiger partial charge is 0.245 e. The fourth-order valence-electron chi connectivity index (χ4n) is 1.46. The van der Waals surface area contributed by atoms with E-state index in [2.05, 4.69) is 21.1 Å². The van der Waals surface area contributed by atoms with Crippen molar-refractivity contribution in [3.8, 4) is 0 Å². The molecule has 2 rings (SSSR count). The summed E-state index contributed by atoms with van der Waals surface area (Å²) < 4.78 is 12.6. The van der Waals surface area contributed by atoms with Crippen molar-refractivity contribution in [1.29, 1.82) is 0 Å². The van der Waals surface area contributed by atoms with Gasteiger partial charge < -0.3 is 0 Å². The van der Waals surface area contributed by atoms with E-state index in [0.717, 1.165) is 0 Å². The lowest BCUT2D eigenvalue weighted by molar-refractivity contribution is -0.119. The first-order chi connectivity index (χ1) is 9.13. The molecule has 19 heavy (non-hydrogen) atoms. The zero-order valence-corrected chi connectivity index (χ0v) is 9.89. The maximum Gasteiger partial charge on any atom is 0.245 e. The Morgan fingerprint density at radius 3 is 2.84 bits per heavy atom. The number of benzene rings is 1. The number of amides is 2. The molecule has 2 N–H and O–H groups in total. The summed E-state index contributed by atoms with van der Waals surface area (Å²) in [5.41, 5.74) is 5.70. The van der Waals surface area contributed by atoms with Crippen LogP contribution < -0.4 is 10.9 Å². The highest BCUT2D eigenvalue weighted by Gasteiger charge is 2.16. The molecule has 98 valence electrons. The number of carbonyl (C=O) groups is 2. The van der Waals surface area contributed by atoms with E-state index in [1.807, 2.05) is 0 Å². The number of rotatable bonds is 4. The van der Waals surface area contributed by atoms with Crippen LogP contribution in [-0.4, -0.2) is 23.7 Å². The molecule has 0 saturated carbocycles. The van der Waals surface area contributed by atoms with E-state index < -0.39 is 0 Å². The molecule has 0 aliphatic carbocycles. The van der Waals surface area contributed by atoms with E-state index in [1.54, 1.807) is 0 Å². The second-order valence-electron chi connectivity index (χ2n) is 3.91. The third-order valence-electron chi connectivity index (χ3n) is 2.34. The molecule has 0 aromatic heterocycles. The molecule has 0 atom stereocenters. The van der Waals surface area contributed by atoms with Crippen molar-refractivity contribution >= 4 is 23.7 Å². The fraction of sp³-hybridized carbons (Fsp3) is 0.167. The quantitative estimate of drug-likeness (QED) is 0.613. The van der Waals surface area contributed by atoms with Crippen molar-refractivity contribution in [2.75, 3.05) is 0 Å². The van der Waals surface area contributed by atoms with Crippen LogP contribution in [0.25, 0.3) is 0 Å². The van der Waals surface area contributed by atoms with Crippen LogP contribution in [0.3, 0.4) is 0 Å². The zero-order valence-electron chi connectivity index (χ0n) is 9.89. The molecular weight excluding hydrogens is 251 g/mol. The summed E-state index contributed by atoms with van der Waals surface area (Å²) in [5.74, 6) is -0.927. The van der Waals surface area contributed by atoms with Crippen molar-refractivity contribution in [3.05, 3.63) is 35.6 Å². The number of halogens is 1. The van der Waals surface area contributed by atoms with E-state index in [0.29, 0.717) is 11.3 Å². The summed E-state index contributed by atoms with van der Waals surface area (Å²) in [6.45, 7) is 0. The highest BCUT2D eigenvalue weighted by molar-refractivity contribution is 6.11. The van der Waals surface area contributed by atoms with Crippen LogP contribution in [0.5, 0.6) is 0 Å². The molecule has 1 aromatic rings. The first-order valence-electron chi connectivity index (χ1n) is 5.55. The predicted molar refractivity (Wildman–Crippen MR) is 66.9 cm³/mol. The van der Waals surface area contributed by atoms with Crippen molar-refractivity contribution in [3.63, 3.8) is 0 Å². The molecule has 6 nitrogen and oxygen atoms in total. The number of hydrazone groups is 2. The molecule has 1 aliphatic rings. The van der Waals surface area contributed by atoms with Gasteiger partial charge in [0.1, 0.15) is 5.82 Å². The van der Waals surface area contributed by atoms with Crippen molar-refractivity contribution in [1.82, 2.24) is 10.9 Å². The Morgan fingerprint density at radius 2 is 2.21 bits per heavy atom. The molecular formula is C12H11FN4O2. The number of nitrogens with zero attached hydrogens (tertiary/aromatic N) is 2. The van der Waals surface area contributed by atoms with Crippen molar-refractivity contribution < 1.29 is 14.0 Å². The molecule has 0 radical (unpaired) electrons. The molecule has 1 aliphatic heterocycles. The second kappa shape index (κ2) is 5.85. The van der Waals surface area contributed by atoms with Crippen molar-refractivity contribution in [2.24, 2.45) is 10.2 Å². The molecule has 0 bridgehead atoms. The number of hydrogen-bond donors (Lipinski definition) is 2. The largest absolute Gasteiger partial charge is 0.273 e. The van der Waals surface area contributed by atoms with Gasteiger partial charge in [-0.05, 0) is 17.7 Å². The lowest BCUT2D eigenvalue weighted by Crippen LogP contribution is -2.20. The molecule has 1 heterocycles. The standard InChI is InChI=1S/C12H11FN4O2/c13-9-3-1-8(2-4-9)7-14-16-11(18)5-10-6-12(19)17-15-10/h1-4,7H,5-6H2,(H,16,18)(H,17,19). The Kier molecular flexibility index (Phi) is 3.97. The third kappa shape index (κ3) is 3.98. The van der Waals surface area contributed by atoms with Crippen LogP contribution >= 0.6 is 0 Å². The first kappa shape index (κ1) is 12.9. The van der Waals surface area contributed by atoms with Gasteiger partial charge in [0.25, 0.3) is 0 Å². The Morgan fingerprint density at radius 1 is 1.47 bits per heavy atom. The first-order valence-corrected chi connectivity index (χ1v) is 5.55. The highest BCUT2D eigenvalue weighted by Crippen LogP contribution is 2.01. The highest BCUT2D eigenvalue weighted by atomic mass is 19.1. The van der Waals surface area contributed by atoms with Crippen LogP contribution in [0.15, 0.2) is 34.5 Å². The SMILES string of the molecule is O=C(CC1=NNC(=O)C1)NN=Cc1ccc(F)cc1. The monoisotopic (exact) mass is 262 g/mol. The van der Waals surface area contributed by atoms with E-state index in [4.69, 9.17) is 0 Å². The summed E-state index contributed by atoms with van der Waals surface area (Å²) in [6.07, 6.45) is 1.55. The number of carbonyl (C=O) groups excluding carboxylic acids is 2. The molecule has 0 fully saturated rings. The summed E-state index contributed by atoms with van der Waals surface area (Å²) in [4.78, 5) is 22.3. The van der Waals surface area contributed by atoms with Gasteiger partial charge in [0, 0.05) is 0 Å². The minimum atomic E-state index is -0.367. The number of hydrogen-bond acceptors (Lipinski definition) is 4. The van der Waals surface area contributed by atoms with E-state index in [9.17, 15) is 14.0 Å². The normalized spacial score (nSPS) is 14.4. The summed E-state index contributed by atoms with van der Waals surface area (Å²) in [7, 11) is 0. The zero-order chi connectivity index (χ0) is 13.7. The lowest BCUT2D eigenvalue weighted by atomic mass is 10.2. The minimum Gasteiger partial charge on any atom is -0.273 e. The van der Waals surface area contributed by atoms with E-state index in [-0.39, 0.29) is 30.5 Å². The molecule has 0 saturated heterocycles. The Balaban J connectivity index is 1.80. The van der Waals surface area contributed by atoms with Crippen LogP contribution in [0.1, 0.15) is 18.4 Å². The predicted octanol–water partition coefficient (Wildman–Crippen LogP) is 0.542. The van der Waals surface area contributed by atoms with Crippen LogP contribution in [-0.2, 0) is 9.59 Å². The summed E-state index contributed by atoms with van der Waals surface area (Å²) >= 11 is 0. The van der Waals surface area contributed by atoms with Crippen molar-refractivity contribution in [2.45, 2.75) is 12.8 Å². The minimum absolute atomic E-state index is 0.0134. The van der Waals surface area contributed by atoms with E-state index in [1.165, 1.54) is 30.5 Å². The summed E-state index contributed by atoms with van der Waals surface area (Å²) in [5, 5.41) is 7.42. The van der Waals surface area contributed by atoms with Gasteiger partial charge in [-0.25, -0.2) is 15.2 Å². The van der Waals surface area contributed by atoms with Crippen LogP contribution in [0.2, 0.25) is 0 Å². The van der Waals surface area contributed by atoms with Gasteiger partial charge >= 0.3 is 0 Å². The molecule has 0 unspecified atom stereocenters. The van der Waals surface area contributed by atoms with Gasteiger partial charge in [0.2, 0.25) is 11.8 Å². The summed E-state index contributed by atoms with van der Waals surface area (Å²) in [6, 6.07) is 5.67. The van der Waals surface area contributed by atoms with E-state index >= 15 is 0 Å². The van der Waals surface area contributed by atoms with Gasteiger partial charge in [0.15, 0.2) is 0 Å². The second-order valence-corrected chi connectivity index (χ2v) is 3.91. The van der Waals surface area contributed by atoms with Crippen LogP contribution in [0.4, 0.5) is 4.39 Å². The average Bonchev–Trinajstić information content (AvgIpc) is 2.77. The Hall–Kier alpha value is -2.57. The van der Waals surface area contributed by atoms with Gasteiger partial charge in [-0.1, -0.05) is 12.1 Å². The van der Waals surface area contributed by atoms with Gasteiger partial charge in [-0.3, -0.25) is 9.59 Å². The fourth-order valence-corrected chi connectivity index (χ4v) is 1.46. The van der Waals surface area contributed by atoms with Gasteiger partial charge in [-0.2, -0.15) is 10.2 Å². The Labute approximate surface area is 108 Å². The average molecular weight is 262 g/mol. The molecule has 1 aromatic carbocycles. The third-order valence-corrected chi connectivity index (χ3v) is 2.34. The molecule has 0 spiro atoms. The maximum absolute atomic E-state index is 12.6. The molecule has 2 amide bonds. The maximum atomic E-state index is 12.6. The molecule has 7 heteroatoms.